The third-order valence-electron chi connectivity index (χ3n) is 5.77. The molecule has 2 aromatic carbocycles. The minimum Gasteiger partial charge on any atom is -0.495 e. The lowest BCUT2D eigenvalue weighted by atomic mass is 10.0. The van der Waals surface area contributed by atoms with Gasteiger partial charge in [-0.25, -0.2) is 17.8 Å². The Morgan fingerprint density at radius 3 is 2.47 bits per heavy atom. The van der Waals surface area contributed by atoms with E-state index in [2.05, 4.69) is 24.6 Å². The Morgan fingerprint density at radius 2 is 1.86 bits per heavy atom. The number of ether oxygens (including phenoxy) is 2. The van der Waals surface area contributed by atoms with Crippen LogP contribution in [0.15, 0.2) is 71.9 Å². The lowest BCUT2D eigenvalue weighted by molar-refractivity contribution is -0.153. The minimum atomic E-state index is -4.68. The standard InChI is InChI=1S/C27H22ClF4N5O5S/c1-3-26(38)37(25-9-7-17(14-33-25)43(39,40)36-24-5-4-10-34-35-24)21-13-19(28)18(12-23(21)41-2)16-6-8-20(29)22(11-16)42-15-27(30,31)32/h4-14H,3,15H2,1-2H3,(H,35,36). The summed E-state index contributed by atoms with van der Waals surface area (Å²) in [6, 6.07) is 11.5. The lowest BCUT2D eigenvalue weighted by Crippen LogP contribution is -2.26. The van der Waals surface area contributed by atoms with E-state index in [1.165, 1.54) is 60.7 Å². The maximum Gasteiger partial charge on any atom is 0.422 e. The molecule has 16 heteroatoms. The van der Waals surface area contributed by atoms with Gasteiger partial charge in [0.05, 0.1) is 17.8 Å². The summed E-state index contributed by atoms with van der Waals surface area (Å²) in [7, 11) is -2.77. The molecule has 0 bridgehead atoms. The van der Waals surface area contributed by atoms with E-state index in [4.69, 9.17) is 16.3 Å². The van der Waals surface area contributed by atoms with E-state index < -0.39 is 40.3 Å². The number of methoxy groups -OCH3 is 1. The summed E-state index contributed by atoms with van der Waals surface area (Å²) < 4.78 is 89.9. The van der Waals surface area contributed by atoms with Gasteiger partial charge in [0.15, 0.2) is 24.0 Å². The fraction of sp³-hybridized carbons (Fsp3) is 0.185. The highest BCUT2D eigenvalue weighted by Gasteiger charge is 2.29. The molecule has 1 amide bonds. The Morgan fingerprint density at radius 1 is 1.09 bits per heavy atom. The van der Waals surface area contributed by atoms with Crippen LogP contribution in [0.4, 0.5) is 34.9 Å². The first-order valence-corrected chi connectivity index (χ1v) is 14.2. The van der Waals surface area contributed by atoms with Crippen LogP contribution in [0, 0.1) is 5.82 Å². The van der Waals surface area contributed by atoms with E-state index in [0.29, 0.717) is 0 Å². The number of benzene rings is 2. The highest BCUT2D eigenvalue weighted by atomic mass is 35.5. The Bertz CT molecular complexity index is 1730. The lowest BCUT2D eigenvalue weighted by Gasteiger charge is -2.25. The Kier molecular flexibility index (Phi) is 9.35. The number of anilines is 3. The topological polar surface area (TPSA) is 124 Å². The Labute approximate surface area is 248 Å². The van der Waals surface area contributed by atoms with Crippen LogP contribution in [0.1, 0.15) is 13.3 Å². The SMILES string of the molecule is CCC(=O)N(c1ccc(S(=O)(=O)Nc2cccnn2)cn1)c1cc(Cl)c(-c2ccc(F)c(OCC(F)(F)F)c2)cc1OC. The van der Waals surface area contributed by atoms with Gasteiger partial charge in [-0.2, -0.15) is 18.3 Å². The van der Waals surface area contributed by atoms with Crippen LogP contribution in [0.3, 0.4) is 0 Å². The van der Waals surface area contributed by atoms with E-state index >= 15 is 0 Å². The fourth-order valence-electron chi connectivity index (χ4n) is 3.80. The molecule has 0 saturated carbocycles. The first-order chi connectivity index (χ1) is 20.3. The number of nitrogens with one attached hydrogen (secondary N) is 1. The van der Waals surface area contributed by atoms with Crippen LogP contribution < -0.4 is 19.1 Å². The first-order valence-electron chi connectivity index (χ1n) is 12.3. The molecular weight excluding hydrogens is 618 g/mol. The number of amides is 1. The van der Waals surface area contributed by atoms with Crippen LogP contribution in [0.25, 0.3) is 11.1 Å². The van der Waals surface area contributed by atoms with Gasteiger partial charge in [-0.15, -0.1) is 5.10 Å². The number of hydrogen-bond acceptors (Lipinski definition) is 8. The normalized spacial score (nSPS) is 11.6. The highest BCUT2D eigenvalue weighted by Crippen LogP contribution is 2.42. The molecule has 226 valence electrons. The maximum atomic E-state index is 14.2. The van der Waals surface area contributed by atoms with Crippen LogP contribution in [-0.4, -0.2) is 49.4 Å². The van der Waals surface area contributed by atoms with E-state index in [1.54, 1.807) is 6.92 Å². The second-order valence-corrected chi connectivity index (χ2v) is 10.8. The van der Waals surface area contributed by atoms with Crippen molar-refractivity contribution in [2.75, 3.05) is 23.3 Å². The second kappa shape index (κ2) is 12.8. The van der Waals surface area contributed by atoms with Crippen molar-refractivity contribution in [2.45, 2.75) is 24.4 Å². The smallest absolute Gasteiger partial charge is 0.422 e. The van der Waals surface area contributed by atoms with Gasteiger partial charge in [0.2, 0.25) is 5.91 Å². The third-order valence-corrected chi connectivity index (χ3v) is 7.42. The molecule has 0 fully saturated rings. The molecule has 4 aromatic rings. The van der Waals surface area contributed by atoms with Crippen molar-refractivity contribution in [1.29, 1.82) is 0 Å². The zero-order valence-corrected chi connectivity index (χ0v) is 24.0. The number of aromatic nitrogens is 3. The van der Waals surface area contributed by atoms with Crippen molar-refractivity contribution in [3.8, 4) is 22.6 Å². The zero-order chi connectivity index (χ0) is 31.4. The average molecular weight is 640 g/mol. The van der Waals surface area contributed by atoms with E-state index in [9.17, 15) is 30.8 Å². The number of alkyl halides is 3. The van der Waals surface area contributed by atoms with E-state index in [-0.39, 0.29) is 50.5 Å². The largest absolute Gasteiger partial charge is 0.495 e. The van der Waals surface area contributed by atoms with Crippen LogP contribution in [0.5, 0.6) is 11.5 Å². The third kappa shape index (κ3) is 7.48. The van der Waals surface area contributed by atoms with Gasteiger partial charge in [0.25, 0.3) is 10.0 Å². The number of pyridine rings is 1. The van der Waals surface area contributed by atoms with Gasteiger partial charge in [0.1, 0.15) is 16.5 Å². The van der Waals surface area contributed by atoms with E-state index in [0.717, 1.165) is 18.3 Å². The molecule has 2 heterocycles. The quantitative estimate of drug-likeness (QED) is 0.205. The molecule has 0 radical (unpaired) electrons. The van der Waals surface area contributed by atoms with Gasteiger partial charge in [-0.1, -0.05) is 24.6 Å². The molecule has 0 aliphatic rings. The summed E-state index contributed by atoms with van der Waals surface area (Å²) in [6.45, 7) is -0.0939. The summed E-state index contributed by atoms with van der Waals surface area (Å²) in [5, 5.41) is 7.33. The Hall–Kier alpha value is -4.50. The van der Waals surface area contributed by atoms with Crippen molar-refractivity contribution in [1.82, 2.24) is 15.2 Å². The second-order valence-electron chi connectivity index (χ2n) is 8.70. The monoisotopic (exact) mass is 639 g/mol. The summed E-state index contributed by atoms with van der Waals surface area (Å²) >= 11 is 6.55. The van der Waals surface area contributed by atoms with Crippen molar-refractivity contribution in [3.63, 3.8) is 0 Å². The molecule has 0 atom stereocenters. The van der Waals surface area contributed by atoms with Crippen molar-refractivity contribution in [3.05, 3.63) is 77.8 Å². The summed E-state index contributed by atoms with van der Waals surface area (Å²) in [5.74, 6) is -1.95. The molecule has 43 heavy (non-hydrogen) atoms. The number of halogens is 5. The minimum absolute atomic E-state index is 0.00554. The number of rotatable bonds is 10. The Balaban J connectivity index is 1.71. The maximum absolute atomic E-state index is 14.2. The molecule has 1 N–H and O–H groups in total. The predicted molar refractivity (Wildman–Crippen MR) is 149 cm³/mol. The van der Waals surface area contributed by atoms with Gasteiger partial charge in [0, 0.05) is 24.4 Å². The molecule has 2 aromatic heterocycles. The van der Waals surface area contributed by atoms with Gasteiger partial charge in [-0.05, 0) is 54.1 Å². The van der Waals surface area contributed by atoms with E-state index in [1.807, 2.05) is 0 Å². The molecular formula is C27H22ClF4N5O5S. The number of hydrogen-bond donors (Lipinski definition) is 1. The first kappa shape index (κ1) is 31.4. The average Bonchev–Trinajstić information content (AvgIpc) is 2.97. The molecule has 0 aliphatic heterocycles. The summed E-state index contributed by atoms with van der Waals surface area (Å²) in [5.41, 5.74) is 0.595. The number of carbonyl (C=O) groups is 1. The van der Waals surface area contributed by atoms with Crippen LogP contribution >= 0.6 is 11.6 Å². The molecule has 0 spiro atoms. The molecule has 0 unspecified atom stereocenters. The predicted octanol–water partition coefficient (Wildman–Crippen LogP) is 6.16. The number of nitrogens with zero attached hydrogens (tertiary/aromatic N) is 4. The van der Waals surface area contributed by atoms with Crippen molar-refractivity contribution < 1.29 is 40.2 Å². The van der Waals surface area contributed by atoms with Crippen LogP contribution in [0.2, 0.25) is 5.02 Å². The molecule has 10 nitrogen and oxygen atoms in total. The van der Waals surface area contributed by atoms with Crippen molar-refractivity contribution in [2.24, 2.45) is 0 Å². The molecule has 0 aliphatic carbocycles. The van der Waals surface area contributed by atoms with Crippen molar-refractivity contribution >= 4 is 44.9 Å². The number of carbonyl (C=O) groups excluding carboxylic acids is 1. The highest BCUT2D eigenvalue weighted by molar-refractivity contribution is 7.92. The summed E-state index contributed by atoms with van der Waals surface area (Å²) in [6.07, 6.45) is -2.24. The molecule has 4 rings (SSSR count). The van der Waals surface area contributed by atoms with Gasteiger partial charge in [-0.3, -0.25) is 14.4 Å². The fourth-order valence-corrected chi connectivity index (χ4v) is 5.01. The number of sulfonamides is 1. The van der Waals surface area contributed by atoms with Gasteiger partial charge < -0.3 is 9.47 Å². The molecule has 0 saturated heterocycles. The van der Waals surface area contributed by atoms with Gasteiger partial charge >= 0.3 is 6.18 Å². The van der Waals surface area contributed by atoms with Crippen LogP contribution in [-0.2, 0) is 14.8 Å². The zero-order valence-electron chi connectivity index (χ0n) is 22.4. The summed E-state index contributed by atoms with van der Waals surface area (Å²) in [4.78, 5) is 18.2.